The fraction of sp³-hybridized carbons (Fsp3) is 0.833. The van der Waals surface area contributed by atoms with E-state index in [1.807, 2.05) is 11.9 Å². The molecule has 2 unspecified atom stereocenters. The second kappa shape index (κ2) is 4.51. The number of rotatable bonds is 0. The van der Waals surface area contributed by atoms with Crippen LogP contribution in [-0.4, -0.2) is 66.3 Å². The lowest BCUT2D eigenvalue weighted by Crippen LogP contribution is -2.63. The van der Waals surface area contributed by atoms with E-state index in [0.717, 1.165) is 6.54 Å². The molecule has 6 nitrogen and oxygen atoms in total. The van der Waals surface area contributed by atoms with Crippen LogP contribution < -0.4 is 0 Å². The van der Waals surface area contributed by atoms with Gasteiger partial charge in [0.15, 0.2) is 0 Å². The van der Waals surface area contributed by atoms with Gasteiger partial charge in [-0.3, -0.25) is 4.79 Å². The van der Waals surface area contributed by atoms with Crippen LogP contribution in [0.4, 0.5) is 4.79 Å². The Bertz CT molecular complexity index is 362. The molecule has 0 aromatic heterocycles. The molecule has 0 radical (unpaired) electrons. The summed E-state index contributed by atoms with van der Waals surface area (Å²) in [7, 11) is 1.94. The number of amides is 2. The maximum atomic E-state index is 12.1. The highest BCUT2D eigenvalue weighted by Crippen LogP contribution is 2.21. The third-order valence-corrected chi connectivity index (χ3v) is 2.89. The Morgan fingerprint density at radius 2 is 2.00 bits per heavy atom. The van der Waals surface area contributed by atoms with Crippen LogP contribution in [0.3, 0.4) is 0 Å². The minimum atomic E-state index is -0.596. The first-order chi connectivity index (χ1) is 8.26. The fourth-order valence-electron chi connectivity index (χ4n) is 2.21. The summed E-state index contributed by atoms with van der Waals surface area (Å²) in [5.74, 6) is -0.299. The first kappa shape index (κ1) is 13.3. The Balaban J connectivity index is 2.06. The smallest absolute Gasteiger partial charge is 0.417 e. The van der Waals surface area contributed by atoms with Crippen LogP contribution in [0.5, 0.6) is 0 Å². The number of nitrogens with zero attached hydrogens (tertiary/aromatic N) is 2. The van der Waals surface area contributed by atoms with Crippen LogP contribution in [0.25, 0.3) is 0 Å². The third-order valence-electron chi connectivity index (χ3n) is 2.89. The minimum Gasteiger partial charge on any atom is -0.443 e. The second-order valence-electron chi connectivity index (χ2n) is 5.90. The molecule has 0 saturated carbocycles. The third kappa shape index (κ3) is 2.81. The van der Waals surface area contributed by atoms with Gasteiger partial charge >= 0.3 is 6.09 Å². The van der Waals surface area contributed by atoms with E-state index in [2.05, 4.69) is 0 Å². The van der Waals surface area contributed by atoms with Crippen LogP contribution in [0.15, 0.2) is 0 Å². The summed E-state index contributed by atoms with van der Waals surface area (Å²) in [6, 6.07) is 0. The van der Waals surface area contributed by atoms with Gasteiger partial charge in [0.05, 0.1) is 12.6 Å². The Morgan fingerprint density at radius 3 is 2.61 bits per heavy atom. The molecule has 2 amide bonds. The van der Waals surface area contributed by atoms with E-state index in [1.165, 1.54) is 4.90 Å². The minimum absolute atomic E-state index is 0.112. The number of imide groups is 1. The number of hydrogen-bond acceptors (Lipinski definition) is 5. The van der Waals surface area contributed by atoms with Crippen molar-refractivity contribution >= 4 is 12.0 Å². The number of fused-ring (bicyclic) bond motifs is 2. The van der Waals surface area contributed by atoms with Gasteiger partial charge < -0.3 is 14.4 Å². The largest absolute Gasteiger partial charge is 0.443 e. The van der Waals surface area contributed by atoms with Crippen LogP contribution >= 0.6 is 0 Å². The van der Waals surface area contributed by atoms with Gasteiger partial charge in [0.25, 0.3) is 5.91 Å². The molecule has 102 valence electrons. The summed E-state index contributed by atoms with van der Waals surface area (Å²) >= 11 is 0. The van der Waals surface area contributed by atoms with Gasteiger partial charge in [0.2, 0.25) is 0 Å². The van der Waals surface area contributed by atoms with Gasteiger partial charge in [-0.25, -0.2) is 9.69 Å². The van der Waals surface area contributed by atoms with Crippen molar-refractivity contribution in [2.75, 3.05) is 26.7 Å². The van der Waals surface area contributed by atoms with Crippen molar-refractivity contribution in [3.05, 3.63) is 0 Å². The Hall–Kier alpha value is -1.14. The maximum absolute atomic E-state index is 12.1. The summed E-state index contributed by atoms with van der Waals surface area (Å²) in [6.07, 6.45) is -1.23. The average Bonchev–Trinajstić information content (AvgIpc) is 2.20. The van der Waals surface area contributed by atoms with E-state index in [9.17, 15) is 9.59 Å². The van der Waals surface area contributed by atoms with Crippen molar-refractivity contribution in [3.8, 4) is 0 Å². The molecule has 2 aliphatic heterocycles. The Kier molecular flexibility index (Phi) is 3.33. The Morgan fingerprint density at radius 1 is 1.33 bits per heavy atom. The standard InChI is InChI=1S/C12H20N2O4/c1-12(2,3)18-11(16)14-6-8-5-13(4)7-9(17-8)10(14)15/h8-9H,5-7H2,1-4H3. The predicted octanol–water partition coefficient (Wildman–Crippen LogP) is 0.463. The predicted molar refractivity (Wildman–Crippen MR) is 64.1 cm³/mol. The van der Waals surface area contributed by atoms with Gasteiger partial charge in [0, 0.05) is 13.1 Å². The van der Waals surface area contributed by atoms with Crippen LogP contribution in [0.1, 0.15) is 20.8 Å². The van der Waals surface area contributed by atoms with Crippen LogP contribution in [-0.2, 0) is 14.3 Å². The van der Waals surface area contributed by atoms with E-state index < -0.39 is 17.8 Å². The normalized spacial score (nSPS) is 29.3. The molecule has 6 heteroatoms. The molecule has 2 aliphatic rings. The van der Waals surface area contributed by atoms with Gasteiger partial charge in [-0.2, -0.15) is 0 Å². The van der Waals surface area contributed by atoms with Crippen molar-refractivity contribution in [1.29, 1.82) is 0 Å². The zero-order valence-electron chi connectivity index (χ0n) is 11.3. The lowest BCUT2D eigenvalue weighted by atomic mass is 10.1. The fourth-order valence-corrected chi connectivity index (χ4v) is 2.21. The maximum Gasteiger partial charge on any atom is 0.417 e. The number of morpholine rings is 2. The molecular formula is C12H20N2O4. The van der Waals surface area contributed by atoms with E-state index in [4.69, 9.17) is 9.47 Å². The molecule has 2 fully saturated rings. The van der Waals surface area contributed by atoms with Crippen LogP contribution in [0.2, 0.25) is 0 Å². The van der Waals surface area contributed by atoms with Crippen LogP contribution in [0, 0.1) is 0 Å². The molecule has 2 rings (SSSR count). The molecule has 18 heavy (non-hydrogen) atoms. The summed E-state index contributed by atoms with van der Waals surface area (Å²) < 4.78 is 10.8. The number of ether oxygens (including phenoxy) is 2. The summed E-state index contributed by atoms with van der Waals surface area (Å²) in [5, 5.41) is 0. The molecule has 0 aliphatic carbocycles. The highest BCUT2D eigenvalue weighted by Gasteiger charge is 2.43. The zero-order chi connectivity index (χ0) is 13.5. The van der Waals surface area contributed by atoms with Gasteiger partial charge in [-0.15, -0.1) is 0 Å². The molecule has 2 bridgehead atoms. The molecule has 0 aromatic carbocycles. The van der Waals surface area contributed by atoms with Crippen molar-refractivity contribution in [2.45, 2.75) is 38.6 Å². The molecule has 0 spiro atoms. The SMILES string of the molecule is CN1CC2CN(C(=O)OC(C)(C)C)C(=O)C(C1)O2. The van der Waals surface area contributed by atoms with Crippen molar-refractivity contribution in [2.24, 2.45) is 0 Å². The monoisotopic (exact) mass is 256 g/mol. The molecule has 0 aromatic rings. The molecule has 2 atom stereocenters. The lowest BCUT2D eigenvalue weighted by Gasteiger charge is -2.43. The average molecular weight is 256 g/mol. The van der Waals surface area contributed by atoms with Crippen molar-refractivity contribution in [3.63, 3.8) is 0 Å². The highest BCUT2D eigenvalue weighted by atomic mass is 16.6. The summed E-state index contributed by atoms with van der Waals surface area (Å²) in [4.78, 5) is 27.3. The van der Waals surface area contributed by atoms with Gasteiger partial charge in [0.1, 0.15) is 11.7 Å². The molecular weight excluding hydrogens is 236 g/mol. The quantitative estimate of drug-likeness (QED) is 0.630. The number of hydrogen-bond donors (Lipinski definition) is 0. The first-order valence-corrected chi connectivity index (χ1v) is 6.14. The number of carbonyl (C=O) groups excluding carboxylic acids is 2. The zero-order valence-corrected chi connectivity index (χ0v) is 11.3. The molecule has 2 heterocycles. The highest BCUT2D eigenvalue weighted by molar-refractivity contribution is 5.95. The van der Waals surface area contributed by atoms with Gasteiger partial charge in [-0.1, -0.05) is 0 Å². The second-order valence-corrected chi connectivity index (χ2v) is 5.90. The molecule has 2 saturated heterocycles. The molecule has 0 N–H and O–H groups in total. The Labute approximate surface area is 107 Å². The van der Waals surface area contributed by atoms with Gasteiger partial charge in [-0.05, 0) is 27.8 Å². The summed E-state index contributed by atoms with van der Waals surface area (Å²) in [6.45, 7) is 6.87. The topological polar surface area (TPSA) is 59.1 Å². The lowest BCUT2D eigenvalue weighted by molar-refractivity contribution is -0.172. The van der Waals surface area contributed by atoms with Crippen molar-refractivity contribution in [1.82, 2.24) is 9.80 Å². The van der Waals surface area contributed by atoms with E-state index in [1.54, 1.807) is 20.8 Å². The van der Waals surface area contributed by atoms with E-state index in [-0.39, 0.29) is 18.6 Å². The van der Waals surface area contributed by atoms with E-state index >= 15 is 0 Å². The first-order valence-electron chi connectivity index (χ1n) is 6.14. The summed E-state index contributed by atoms with van der Waals surface area (Å²) in [5.41, 5.74) is -0.596. The van der Waals surface area contributed by atoms with E-state index in [0.29, 0.717) is 6.54 Å². The number of likely N-dealkylation sites (N-methyl/N-ethyl adjacent to an activating group) is 1. The van der Waals surface area contributed by atoms with Crippen molar-refractivity contribution < 1.29 is 19.1 Å². The number of carbonyl (C=O) groups is 2.